The molecule has 1 aliphatic heterocycles. The van der Waals surface area contributed by atoms with Gasteiger partial charge in [-0.3, -0.25) is 67.1 Å². The van der Waals surface area contributed by atoms with Gasteiger partial charge in [0.05, 0.1) is 31.3 Å². The van der Waals surface area contributed by atoms with Gasteiger partial charge in [-0.05, 0) is 102 Å². The third-order valence-corrected chi connectivity index (χ3v) is 17.3. The van der Waals surface area contributed by atoms with Crippen molar-refractivity contribution in [2.75, 3.05) is 13.2 Å². The molecular weight excluding hydrogens is 1340 g/mol. The number of likely N-dealkylation sites (tertiary alicyclic amines) is 1. The molecule has 0 bridgehead atoms. The monoisotopic (exact) mass is 1460 g/mol. The Morgan fingerprint density at radius 2 is 0.903 bits per heavy atom. The molecule has 0 saturated carbocycles. The molecule has 1 heterocycles. The number of hydrogen-bond donors (Lipinski definition) is 16. The zero-order chi connectivity index (χ0) is 77.5. The number of benzene rings is 1. The van der Waals surface area contributed by atoms with Crippen LogP contribution in [0, 0.1) is 17.8 Å². The molecule has 18 N–H and O–H groups in total. The van der Waals surface area contributed by atoms with Crippen LogP contribution in [-0.2, 0) is 78.3 Å². The average Bonchev–Trinajstić information content (AvgIpc) is 1.82. The lowest BCUT2D eigenvalue weighted by Crippen LogP contribution is -2.61. The minimum atomic E-state index is -1.67. The van der Waals surface area contributed by atoms with Crippen molar-refractivity contribution in [3.8, 4) is 0 Å². The molecular formula is C71H117N13O19. The highest BCUT2D eigenvalue weighted by Gasteiger charge is 2.39. The number of carboxylic acids is 1. The number of rotatable bonds is 52. The molecule has 1 aliphatic rings. The summed E-state index contributed by atoms with van der Waals surface area (Å²) < 4.78 is 0. The van der Waals surface area contributed by atoms with Crippen molar-refractivity contribution in [3.05, 3.63) is 35.9 Å². The Kier molecular flexibility index (Phi) is 42.4. The number of nitrogens with one attached hydrogen (secondary N) is 10. The average molecular weight is 1460 g/mol. The number of nitrogens with zero attached hydrogens (tertiary/aromatic N) is 1. The Balaban J connectivity index is 1.83. The number of primary amides is 2. The lowest BCUT2D eigenvalue weighted by Gasteiger charge is -2.29. The Morgan fingerprint density at radius 3 is 1.34 bits per heavy atom. The van der Waals surface area contributed by atoms with Gasteiger partial charge in [0.2, 0.25) is 76.8 Å². The maximum Gasteiger partial charge on any atom is 0.325 e. The standard InChI is InChI=1S/C71H117N13O19/c1-41(2)34-50(63(94)74-44(7)71(102)103)80-69(100)60(45(8)87)82-66(97)52(36-43(5)6)78-62(93)49(31-32-56(72)89)77-68(99)55-28-25-33-84(55)59(92)30-24-19-17-15-13-11-10-12-14-16-18-23-29-58(91)76-54(40-86)67(98)83-61(46(9)88)70(101)81-51(35-42(3)4)65(96)79-53(38-57(73)90)64(95)75-48(39-85)37-47-26-21-20-22-27-47/h20-22,26-27,39,41-46,48-55,60-61,86-88H,10-19,23-25,28-38,40H2,1-9H3,(H2,72,89)(H2,73,90)(H,74,94)(H,75,95)(H,76,91)(H,77,99)(H,78,93)(H,79,96)(H,80,100)(H,81,101)(H,82,97)(H,83,98)(H,102,103)/t44-,45+,46?,48-,49-,50-,51-,52-,53-,54-,55-,60-,61-/m0/s1. The van der Waals surface area contributed by atoms with Gasteiger partial charge in [-0.25, -0.2) is 0 Å². The fraction of sp³-hybridized carbons (Fsp3) is 0.704. The van der Waals surface area contributed by atoms with E-state index < -0.39 is 169 Å². The minimum Gasteiger partial charge on any atom is -0.480 e. The summed E-state index contributed by atoms with van der Waals surface area (Å²) in [4.78, 5) is 198. The van der Waals surface area contributed by atoms with Crippen LogP contribution in [0.3, 0.4) is 0 Å². The van der Waals surface area contributed by atoms with E-state index in [4.69, 9.17) is 11.5 Å². The number of unbranched alkanes of at least 4 members (excludes halogenated alkanes) is 11. The summed E-state index contributed by atoms with van der Waals surface area (Å²) in [6.07, 6.45) is 7.84. The van der Waals surface area contributed by atoms with Gasteiger partial charge in [-0.2, -0.15) is 0 Å². The second kappa shape index (κ2) is 48.3. The number of nitrogens with two attached hydrogens (primary N) is 2. The molecule has 0 aliphatic carbocycles. The summed E-state index contributed by atoms with van der Waals surface area (Å²) in [7, 11) is 0. The van der Waals surface area contributed by atoms with E-state index in [-0.39, 0.29) is 75.0 Å². The lowest BCUT2D eigenvalue weighted by atomic mass is 10.00. The fourth-order valence-corrected chi connectivity index (χ4v) is 11.7. The number of carboxylic acid groups (broad SMARTS) is 1. The number of aliphatic carboxylic acids is 1. The molecule has 0 spiro atoms. The summed E-state index contributed by atoms with van der Waals surface area (Å²) in [5.74, 6) is -12.2. The lowest BCUT2D eigenvalue weighted by molar-refractivity contribution is -0.142. The van der Waals surface area contributed by atoms with E-state index in [9.17, 15) is 92.3 Å². The topological polar surface area (TPSA) is 513 Å². The summed E-state index contributed by atoms with van der Waals surface area (Å²) in [5, 5.41) is 65.4. The smallest absolute Gasteiger partial charge is 0.325 e. The second-order valence-corrected chi connectivity index (χ2v) is 28.1. The van der Waals surface area contributed by atoms with Crippen LogP contribution in [0.25, 0.3) is 0 Å². The molecule has 1 aromatic carbocycles. The van der Waals surface area contributed by atoms with E-state index in [0.29, 0.717) is 38.5 Å². The summed E-state index contributed by atoms with van der Waals surface area (Å²) in [6.45, 7) is 13.7. The molecule has 1 fully saturated rings. The Bertz CT molecular complexity index is 2930. The quantitative estimate of drug-likeness (QED) is 0.0298. The first-order chi connectivity index (χ1) is 48.6. The van der Waals surface area contributed by atoms with Crippen LogP contribution >= 0.6 is 0 Å². The molecule has 1 saturated heterocycles. The Labute approximate surface area is 604 Å². The number of carbonyl (C=O) groups is 15. The number of amides is 13. The van der Waals surface area contributed by atoms with E-state index in [1.807, 2.05) is 0 Å². The van der Waals surface area contributed by atoms with Crippen molar-refractivity contribution >= 4 is 89.0 Å². The molecule has 13 atom stereocenters. The van der Waals surface area contributed by atoms with Crippen molar-refractivity contribution < 1.29 is 92.3 Å². The zero-order valence-corrected chi connectivity index (χ0v) is 61.4. The number of aldehydes is 1. The third-order valence-electron chi connectivity index (χ3n) is 17.3. The van der Waals surface area contributed by atoms with Crippen molar-refractivity contribution in [1.82, 2.24) is 58.1 Å². The predicted octanol–water partition coefficient (Wildman–Crippen LogP) is -0.134. The first-order valence-electron chi connectivity index (χ1n) is 36.2. The molecule has 1 aromatic rings. The van der Waals surface area contributed by atoms with Crippen LogP contribution in [0.1, 0.15) is 209 Å². The largest absolute Gasteiger partial charge is 0.480 e. The van der Waals surface area contributed by atoms with E-state index in [0.717, 1.165) is 69.8 Å². The van der Waals surface area contributed by atoms with E-state index in [1.54, 1.807) is 71.9 Å². The summed E-state index contributed by atoms with van der Waals surface area (Å²) in [6, 6.07) is -6.03. The molecule has 103 heavy (non-hydrogen) atoms. The van der Waals surface area contributed by atoms with Crippen molar-refractivity contribution in [2.24, 2.45) is 29.2 Å². The highest BCUT2D eigenvalue weighted by molar-refractivity contribution is 5.99. The maximum absolute atomic E-state index is 14.0. The minimum absolute atomic E-state index is 0.00499. The van der Waals surface area contributed by atoms with Crippen molar-refractivity contribution in [2.45, 2.75) is 289 Å². The van der Waals surface area contributed by atoms with Crippen LogP contribution < -0.4 is 64.6 Å². The van der Waals surface area contributed by atoms with Crippen molar-refractivity contribution in [3.63, 3.8) is 0 Å². The highest BCUT2D eigenvalue weighted by Crippen LogP contribution is 2.22. The first-order valence-corrected chi connectivity index (χ1v) is 36.2. The molecule has 32 heteroatoms. The second-order valence-electron chi connectivity index (χ2n) is 28.1. The van der Waals surface area contributed by atoms with Crippen LogP contribution in [0.5, 0.6) is 0 Å². The maximum atomic E-state index is 14.0. The van der Waals surface area contributed by atoms with Crippen LogP contribution in [0.15, 0.2) is 30.3 Å². The van der Waals surface area contributed by atoms with Gasteiger partial charge in [-0.1, -0.05) is 136 Å². The number of aliphatic hydroxyl groups excluding tert-OH is 3. The zero-order valence-electron chi connectivity index (χ0n) is 61.4. The summed E-state index contributed by atoms with van der Waals surface area (Å²) in [5.41, 5.74) is 11.6. The molecule has 1 unspecified atom stereocenters. The molecule has 0 radical (unpaired) electrons. The highest BCUT2D eigenvalue weighted by atomic mass is 16.4. The predicted molar refractivity (Wildman–Crippen MR) is 379 cm³/mol. The van der Waals surface area contributed by atoms with Crippen LogP contribution in [-0.4, -0.2) is 206 Å². The number of hydrogen-bond acceptors (Lipinski definition) is 18. The third kappa shape index (κ3) is 35.9. The van der Waals surface area contributed by atoms with E-state index >= 15 is 0 Å². The molecule has 580 valence electrons. The van der Waals surface area contributed by atoms with Gasteiger partial charge in [0.25, 0.3) is 0 Å². The molecule has 2 rings (SSSR count). The Hall–Kier alpha value is -8.65. The normalized spacial score (nSPS) is 16.3. The Morgan fingerprint density at radius 1 is 0.485 bits per heavy atom. The first kappa shape index (κ1) is 90.4. The van der Waals surface area contributed by atoms with Gasteiger partial charge in [0.15, 0.2) is 0 Å². The van der Waals surface area contributed by atoms with Gasteiger partial charge in [-0.15, -0.1) is 0 Å². The van der Waals surface area contributed by atoms with Crippen molar-refractivity contribution in [1.29, 1.82) is 0 Å². The number of carbonyl (C=O) groups excluding carboxylic acids is 14. The molecule has 32 nitrogen and oxygen atoms in total. The van der Waals surface area contributed by atoms with Gasteiger partial charge < -0.3 is 94.8 Å². The van der Waals surface area contributed by atoms with Gasteiger partial charge >= 0.3 is 5.97 Å². The summed E-state index contributed by atoms with van der Waals surface area (Å²) >= 11 is 0. The SMILES string of the molecule is CC(C)C[C@H](NC(=O)[C@H](CCC(N)=O)NC(=O)[C@@H]1CCCN1C(=O)CCCCCCCCCCCCCCC(=O)N[C@@H](CO)C(=O)N[C@H](C(=O)N[C@@H](CC(C)C)C(=O)N[C@@H](CC(N)=O)C(=O)N[C@H](C=O)Cc1ccccc1)C(C)O)C(=O)N[C@H](C(=O)N[C@@H](CC(C)C)C(=O)N[C@@H](C)C(=O)O)[C@@H](C)O. The molecule has 13 amide bonds. The van der Waals surface area contributed by atoms with Crippen LogP contribution in [0.2, 0.25) is 0 Å². The van der Waals surface area contributed by atoms with Gasteiger partial charge in [0.1, 0.15) is 66.7 Å². The van der Waals surface area contributed by atoms with E-state index in [2.05, 4.69) is 53.2 Å². The van der Waals surface area contributed by atoms with E-state index in [1.165, 1.54) is 25.7 Å². The van der Waals surface area contributed by atoms with Gasteiger partial charge in [0, 0.05) is 25.8 Å². The molecule has 0 aromatic heterocycles. The van der Waals surface area contributed by atoms with Crippen LogP contribution in [0.4, 0.5) is 0 Å². The number of aliphatic hydroxyl groups is 3. The fourth-order valence-electron chi connectivity index (χ4n) is 11.7.